The molecular weight excluding hydrogens is 300 g/mol. The smallest absolute Gasteiger partial charge is 0.339 e. The van der Waals surface area contributed by atoms with Gasteiger partial charge < -0.3 is 9.47 Å². The van der Waals surface area contributed by atoms with Crippen molar-refractivity contribution in [2.24, 2.45) is 5.92 Å². The zero-order valence-electron chi connectivity index (χ0n) is 13.8. The van der Waals surface area contributed by atoms with Crippen LogP contribution in [0.15, 0.2) is 66.2 Å². The van der Waals surface area contributed by atoms with Gasteiger partial charge in [0, 0.05) is 5.92 Å². The molecule has 2 aliphatic heterocycles. The second kappa shape index (κ2) is 5.91. The van der Waals surface area contributed by atoms with Gasteiger partial charge in [0.05, 0.1) is 11.7 Å². The Kier molecular flexibility index (Phi) is 3.73. The van der Waals surface area contributed by atoms with Crippen molar-refractivity contribution in [1.82, 2.24) is 0 Å². The summed E-state index contributed by atoms with van der Waals surface area (Å²) < 4.78 is 12.0. The Hall–Kier alpha value is -2.39. The van der Waals surface area contributed by atoms with Crippen molar-refractivity contribution < 1.29 is 14.3 Å². The maximum absolute atomic E-state index is 12.6. The molecule has 0 aliphatic carbocycles. The lowest BCUT2D eigenvalue weighted by Gasteiger charge is -2.38. The Balaban J connectivity index is 1.84. The van der Waals surface area contributed by atoms with Crippen LogP contribution in [0.2, 0.25) is 0 Å². The molecule has 24 heavy (non-hydrogen) atoms. The fourth-order valence-electron chi connectivity index (χ4n) is 3.67. The molecule has 0 bridgehead atoms. The van der Waals surface area contributed by atoms with Crippen molar-refractivity contribution >= 4 is 11.5 Å². The molecule has 0 amide bonds. The average Bonchev–Trinajstić information content (AvgIpc) is 2.97. The number of benzene rings is 2. The predicted molar refractivity (Wildman–Crippen MR) is 92.1 cm³/mol. The highest BCUT2D eigenvalue weighted by molar-refractivity contribution is 6.19. The summed E-state index contributed by atoms with van der Waals surface area (Å²) in [5, 5.41) is 0. The number of carbonyl (C=O) groups excluding carboxylic acids is 1. The van der Waals surface area contributed by atoms with Gasteiger partial charge >= 0.3 is 5.97 Å². The minimum Gasteiger partial charge on any atom is -0.451 e. The van der Waals surface area contributed by atoms with Crippen molar-refractivity contribution in [2.75, 3.05) is 0 Å². The molecule has 3 heteroatoms. The maximum Gasteiger partial charge on any atom is 0.339 e. The van der Waals surface area contributed by atoms with Gasteiger partial charge in [-0.1, -0.05) is 67.6 Å². The van der Waals surface area contributed by atoms with Crippen LogP contribution in [0, 0.1) is 5.92 Å². The molecular formula is C21H20O3. The molecule has 2 heterocycles. The van der Waals surface area contributed by atoms with E-state index in [1.54, 1.807) is 0 Å². The molecule has 0 saturated carbocycles. The highest BCUT2D eigenvalue weighted by Gasteiger charge is 2.48. The summed E-state index contributed by atoms with van der Waals surface area (Å²) in [4.78, 5) is 12.6. The zero-order chi connectivity index (χ0) is 16.7. The van der Waals surface area contributed by atoms with E-state index in [1.165, 1.54) is 0 Å². The van der Waals surface area contributed by atoms with Crippen molar-refractivity contribution in [3.05, 3.63) is 77.4 Å². The Morgan fingerprint density at radius 3 is 2.12 bits per heavy atom. The lowest BCUT2D eigenvalue weighted by atomic mass is 9.81. The fraction of sp³-hybridized carbons (Fsp3) is 0.286. The van der Waals surface area contributed by atoms with E-state index < -0.39 is 0 Å². The van der Waals surface area contributed by atoms with E-state index >= 15 is 0 Å². The van der Waals surface area contributed by atoms with Gasteiger partial charge in [-0.2, -0.15) is 0 Å². The second-order valence-electron chi connectivity index (χ2n) is 6.48. The third-order valence-electron chi connectivity index (χ3n) is 5.05. The van der Waals surface area contributed by atoms with E-state index in [2.05, 4.69) is 13.8 Å². The molecule has 0 spiro atoms. The predicted octanol–water partition coefficient (Wildman–Crippen LogP) is 4.16. The minimum absolute atomic E-state index is 0.0228. The highest BCUT2D eigenvalue weighted by Crippen LogP contribution is 2.47. The van der Waals surface area contributed by atoms with E-state index in [0.29, 0.717) is 5.57 Å². The number of rotatable bonds is 2. The van der Waals surface area contributed by atoms with Gasteiger partial charge in [-0.05, 0) is 23.6 Å². The van der Waals surface area contributed by atoms with Gasteiger partial charge in [-0.15, -0.1) is 0 Å². The largest absolute Gasteiger partial charge is 0.451 e. The van der Waals surface area contributed by atoms with Crippen LogP contribution in [0.3, 0.4) is 0 Å². The number of ether oxygens (including phenoxy) is 2. The van der Waals surface area contributed by atoms with Gasteiger partial charge in [-0.25, -0.2) is 4.79 Å². The first-order chi connectivity index (χ1) is 11.7. The monoisotopic (exact) mass is 320 g/mol. The number of hydrogen-bond acceptors (Lipinski definition) is 3. The zero-order valence-corrected chi connectivity index (χ0v) is 13.8. The summed E-state index contributed by atoms with van der Waals surface area (Å²) in [6, 6.07) is 19.8. The normalized spacial score (nSPS) is 29.3. The molecule has 4 atom stereocenters. The Morgan fingerprint density at radius 2 is 1.46 bits per heavy atom. The standard InChI is InChI=1S/C21H20O3/c1-13-14(2)23-19(16-11-7-4-8-12-16)20-17(13)18(21(22)24-20)15-9-5-3-6-10-15/h3-14,19-20H,1-2H3/t13-,14-,19+,20-/m0/s1. The fourth-order valence-corrected chi connectivity index (χ4v) is 3.67. The van der Waals surface area contributed by atoms with Crippen molar-refractivity contribution in [3.8, 4) is 0 Å². The molecule has 0 unspecified atom stereocenters. The lowest BCUT2D eigenvalue weighted by molar-refractivity contribution is -0.154. The number of esters is 1. The van der Waals surface area contributed by atoms with Crippen LogP contribution in [0.25, 0.3) is 5.57 Å². The van der Waals surface area contributed by atoms with E-state index in [4.69, 9.17) is 9.47 Å². The molecule has 2 aliphatic rings. The van der Waals surface area contributed by atoms with Crippen LogP contribution in [0.4, 0.5) is 0 Å². The maximum atomic E-state index is 12.6. The minimum atomic E-state index is -0.346. The van der Waals surface area contributed by atoms with Gasteiger partial charge in [0.1, 0.15) is 6.10 Å². The molecule has 122 valence electrons. The topological polar surface area (TPSA) is 35.5 Å². The van der Waals surface area contributed by atoms with Gasteiger partial charge in [0.25, 0.3) is 0 Å². The Labute approximate surface area is 141 Å². The molecule has 1 fully saturated rings. The summed E-state index contributed by atoms with van der Waals surface area (Å²) in [7, 11) is 0. The van der Waals surface area contributed by atoms with Crippen molar-refractivity contribution in [2.45, 2.75) is 32.2 Å². The summed E-state index contributed by atoms with van der Waals surface area (Å²) in [6.07, 6.45) is -0.575. The van der Waals surface area contributed by atoms with Gasteiger partial charge in [0.2, 0.25) is 0 Å². The lowest BCUT2D eigenvalue weighted by Crippen LogP contribution is -2.38. The molecule has 0 aromatic heterocycles. The first-order valence-electron chi connectivity index (χ1n) is 8.37. The molecule has 2 aromatic rings. The molecule has 4 rings (SSSR count). The van der Waals surface area contributed by atoms with Gasteiger partial charge in [0.15, 0.2) is 6.10 Å². The van der Waals surface area contributed by atoms with Crippen LogP contribution in [0.5, 0.6) is 0 Å². The third-order valence-corrected chi connectivity index (χ3v) is 5.05. The first kappa shape index (κ1) is 15.2. The van der Waals surface area contributed by atoms with E-state index in [1.807, 2.05) is 60.7 Å². The molecule has 1 saturated heterocycles. The summed E-state index contributed by atoms with van der Waals surface area (Å²) in [5.74, 6) is -0.108. The van der Waals surface area contributed by atoms with Crippen LogP contribution >= 0.6 is 0 Å². The Morgan fingerprint density at radius 1 is 0.833 bits per heavy atom. The summed E-state index contributed by atoms with van der Waals surface area (Å²) >= 11 is 0. The van der Waals surface area contributed by atoms with Gasteiger partial charge in [-0.3, -0.25) is 0 Å². The van der Waals surface area contributed by atoms with Crippen molar-refractivity contribution in [1.29, 1.82) is 0 Å². The number of fused-ring (bicyclic) bond motifs is 1. The first-order valence-corrected chi connectivity index (χ1v) is 8.37. The third kappa shape index (κ3) is 2.36. The quantitative estimate of drug-likeness (QED) is 0.779. The Bertz CT molecular complexity index is 779. The highest BCUT2D eigenvalue weighted by atomic mass is 16.6. The summed E-state index contributed by atoms with van der Waals surface area (Å²) in [5.41, 5.74) is 3.75. The van der Waals surface area contributed by atoms with E-state index in [-0.39, 0.29) is 30.2 Å². The van der Waals surface area contributed by atoms with Crippen LogP contribution in [-0.4, -0.2) is 18.2 Å². The van der Waals surface area contributed by atoms with E-state index in [0.717, 1.165) is 16.7 Å². The van der Waals surface area contributed by atoms with Crippen molar-refractivity contribution in [3.63, 3.8) is 0 Å². The van der Waals surface area contributed by atoms with Crippen LogP contribution < -0.4 is 0 Å². The van der Waals surface area contributed by atoms with Crippen LogP contribution in [0.1, 0.15) is 31.1 Å². The molecule has 2 aromatic carbocycles. The van der Waals surface area contributed by atoms with E-state index in [9.17, 15) is 4.79 Å². The average molecular weight is 320 g/mol. The molecule has 0 N–H and O–H groups in total. The van der Waals surface area contributed by atoms with Crippen LogP contribution in [-0.2, 0) is 14.3 Å². The molecule has 3 nitrogen and oxygen atoms in total. The SMILES string of the molecule is C[C@@H]1O[C@H](c2ccccc2)[C@H]2OC(=O)C(c3ccccc3)=C2[C@H]1C. The number of hydrogen-bond donors (Lipinski definition) is 0. The second-order valence-corrected chi connectivity index (χ2v) is 6.48. The number of carbonyl (C=O) groups is 1. The summed E-state index contributed by atoms with van der Waals surface area (Å²) in [6.45, 7) is 4.17. The molecule has 0 radical (unpaired) electrons.